The van der Waals surface area contributed by atoms with E-state index in [1.807, 2.05) is 10.9 Å². The Balaban J connectivity index is 1.77. The lowest BCUT2D eigenvalue weighted by atomic mass is 10.0. The molecule has 0 radical (unpaired) electrons. The molecule has 1 fully saturated rings. The van der Waals surface area contributed by atoms with Gasteiger partial charge in [0.05, 0.1) is 17.5 Å². The number of nitrogens with one attached hydrogen (secondary N) is 2. The fourth-order valence-corrected chi connectivity index (χ4v) is 2.53. The highest BCUT2D eigenvalue weighted by molar-refractivity contribution is 5.88. The summed E-state index contributed by atoms with van der Waals surface area (Å²) in [6.07, 6.45) is 7.03. The molecule has 6 nitrogen and oxygen atoms in total. The lowest BCUT2D eigenvalue weighted by Crippen LogP contribution is -2.42. The number of aliphatic hydroxyl groups is 1. The Labute approximate surface area is 119 Å². The Morgan fingerprint density at radius 2 is 2.20 bits per heavy atom. The molecule has 0 unspecified atom stereocenters. The smallest absolute Gasteiger partial charge is 0.319 e. The minimum Gasteiger partial charge on any atom is -0.388 e. The third-order valence-electron chi connectivity index (χ3n) is 3.56. The molecule has 1 aliphatic carbocycles. The van der Waals surface area contributed by atoms with Crippen molar-refractivity contribution in [2.75, 3.05) is 11.9 Å². The Bertz CT molecular complexity index is 450. The number of anilines is 1. The van der Waals surface area contributed by atoms with E-state index < -0.39 is 5.60 Å². The largest absolute Gasteiger partial charge is 0.388 e. The molecule has 0 bridgehead atoms. The van der Waals surface area contributed by atoms with Crippen LogP contribution < -0.4 is 10.6 Å². The van der Waals surface area contributed by atoms with Gasteiger partial charge in [-0.2, -0.15) is 5.10 Å². The van der Waals surface area contributed by atoms with Gasteiger partial charge in [0.2, 0.25) is 0 Å². The Morgan fingerprint density at radius 3 is 2.85 bits per heavy atom. The van der Waals surface area contributed by atoms with Gasteiger partial charge in [-0.15, -0.1) is 0 Å². The second-order valence-electron chi connectivity index (χ2n) is 6.08. The van der Waals surface area contributed by atoms with Gasteiger partial charge in [-0.25, -0.2) is 4.79 Å². The number of carbonyl (C=O) groups is 1. The molecule has 6 heteroatoms. The fraction of sp³-hybridized carbons (Fsp3) is 0.714. The molecule has 112 valence electrons. The molecule has 1 aliphatic rings. The average Bonchev–Trinajstić information content (AvgIpc) is 2.97. The van der Waals surface area contributed by atoms with Crippen LogP contribution in [-0.2, 0) is 6.54 Å². The molecule has 2 amide bonds. The number of amides is 2. The van der Waals surface area contributed by atoms with Crippen molar-refractivity contribution in [3.05, 3.63) is 12.4 Å². The van der Waals surface area contributed by atoms with Gasteiger partial charge < -0.3 is 15.7 Å². The predicted molar refractivity (Wildman–Crippen MR) is 77.5 cm³/mol. The van der Waals surface area contributed by atoms with E-state index in [4.69, 9.17) is 0 Å². The van der Waals surface area contributed by atoms with Crippen LogP contribution in [0.15, 0.2) is 12.4 Å². The molecule has 1 heterocycles. The fourth-order valence-electron chi connectivity index (χ4n) is 2.53. The number of hydrogen-bond donors (Lipinski definition) is 3. The highest BCUT2D eigenvalue weighted by Crippen LogP contribution is 2.28. The highest BCUT2D eigenvalue weighted by Gasteiger charge is 2.31. The molecule has 0 saturated heterocycles. The summed E-state index contributed by atoms with van der Waals surface area (Å²) in [5.74, 6) is 0.508. The maximum atomic E-state index is 11.8. The van der Waals surface area contributed by atoms with Crippen molar-refractivity contribution in [3.63, 3.8) is 0 Å². The summed E-state index contributed by atoms with van der Waals surface area (Å²) in [6.45, 7) is 5.36. The highest BCUT2D eigenvalue weighted by atomic mass is 16.3. The van der Waals surface area contributed by atoms with Gasteiger partial charge in [0.15, 0.2) is 0 Å². The summed E-state index contributed by atoms with van der Waals surface area (Å²) < 4.78 is 1.81. The first-order valence-corrected chi connectivity index (χ1v) is 7.26. The van der Waals surface area contributed by atoms with Crippen LogP contribution in [0.1, 0.15) is 39.5 Å². The maximum absolute atomic E-state index is 11.8. The summed E-state index contributed by atoms with van der Waals surface area (Å²) in [5.41, 5.74) is -0.0549. The van der Waals surface area contributed by atoms with E-state index >= 15 is 0 Å². The first kappa shape index (κ1) is 14.8. The van der Waals surface area contributed by atoms with E-state index in [1.54, 1.807) is 6.20 Å². The van der Waals surface area contributed by atoms with Crippen LogP contribution in [0.4, 0.5) is 10.5 Å². The van der Waals surface area contributed by atoms with Gasteiger partial charge in [-0.3, -0.25) is 4.68 Å². The van der Waals surface area contributed by atoms with Crippen molar-refractivity contribution in [2.24, 2.45) is 5.92 Å². The summed E-state index contributed by atoms with van der Waals surface area (Å²) in [5, 5.41) is 19.8. The van der Waals surface area contributed by atoms with Crippen molar-refractivity contribution < 1.29 is 9.90 Å². The van der Waals surface area contributed by atoms with E-state index in [9.17, 15) is 9.90 Å². The summed E-state index contributed by atoms with van der Waals surface area (Å²) in [7, 11) is 0. The molecule has 0 aliphatic heterocycles. The SMILES string of the molecule is CC(C)Cn1cc(NC(=O)NCC2(O)CCCC2)cn1. The van der Waals surface area contributed by atoms with E-state index in [0.717, 1.165) is 32.2 Å². The summed E-state index contributed by atoms with van der Waals surface area (Å²) in [4.78, 5) is 11.8. The van der Waals surface area contributed by atoms with Gasteiger partial charge >= 0.3 is 6.03 Å². The third kappa shape index (κ3) is 4.23. The van der Waals surface area contributed by atoms with Crippen LogP contribution in [0, 0.1) is 5.92 Å². The van der Waals surface area contributed by atoms with E-state index in [0.29, 0.717) is 18.2 Å². The molecule has 1 saturated carbocycles. The topological polar surface area (TPSA) is 79.2 Å². The van der Waals surface area contributed by atoms with E-state index in [-0.39, 0.29) is 6.03 Å². The summed E-state index contributed by atoms with van der Waals surface area (Å²) in [6, 6.07) is -0.297. The normalized spacial score (nSPS) is 17.4. The molecule has 1 aromatic heterocycles. The van der Waals surface area contributed by atoms with Crippen LogP contribution in [-0.4, -0.2) is 33.1 Å². The average molecular weight is 280 g/mol. The zero-order chi connectivity index (χ0) is 14.6. The number of carbonyl (C=O) groups excluding carboxylic acids is 1. The third-order valence-corrected chi connectivity index (χ3v) is 3.56. The molecule has 0 aromatic carbocycles. The minimum absolute atomic E-state index is 0.297. The summed E-state index contributed by atoms with van der Waals surface area (Å²) >= 11 is 0. The van der Waals surface area contributed by atoms with Crippen LogP contribution in [0.2, 0.25) is 0 Å². The second-order valence-corrected chi connectivity index (χ2v) is 6.08. The Hall–Kier alpha value is -1.56. The molecule has 2 rings (SSSR count). The van der Waals surface area contributed by atoms with Crippen molar-refractivity contribution in [3.8, 4) is 0 Å². The van der Waals surface area contributed by atoms with Gasteiger partial charge in [-0.1, -0.05) is 26.7 Å². The lowest BCUT2D eigenvalue weighted by molar-refractivity contribution is 0.0506. The molecule has 20 heavy (non-hydrogen) atoms. The molecule has 0 atom stereocenters. The number of aromatic nitrogens is 2. The van der Waals surface area contributed by atoms with Crippen LogP contribution in [0.25, 0.3) is 0 Å². The van der Waals surface area contributed by atoms with Crippen LogP contribution in [0.5, 0.6) is 0 Å². The molecule has 1 aromatic rings. The number of rotatable bonds is 5. The van der Waals surface area contributed by atoms with Gasteiger partial charge in [0, 0.05) is 19.3 Å². The lowest BCUT2D eigenvalue weighted by Gasteiger charge is -2.22. The van der Waals surface area contributed by atoms with Gasteiger partial charge in [0.1, 0.15) is 0 Å². The molecular weight excluding hydrogens is 256 g/mol. The number of hydrogen-bond acceptors (Lipinski definition) is 3. The van der Waals surface area contributed by atoms with Crippen LogP contribution >= 0.6 is 0 Å². The van der Waals surface area contributed by atoms with Crippen molar-refractivity contribution in [1.29, 1.82) is 0 Å². The zero-order valence-corrected chi connectivity index (χ0v) is 12.2. The van der Waals surface area contributed by atoms with Gasteiger partial charge in [0.25, 0.3) is 0 Å². The second kappa shape index (κ2) is 6.26. The Morgan fingerprint density at radius 1 is 1.50 bits per heavy atom. The van der Waals surface area contributed by atoms with Crippen molar-refractivity contribution in [2.45, 2.75) is 51.7 Å². The Kier molecular flexibility index (Phi) is 4.65. The van der Waals surface area contributed by atoms with Crippen LogP contribution in [0.3, 0.4) is 0 Å². The number of nitrogens with zero attached hydrogens (tertiary/aromatic N) is 2. The quantitative estimate of drug-likeness (QED) is 0.771. The standard InChI is InChI=1S/C14H24N4O2/c1-11(2)8-18-9-12(7-16-18)17-13(19)15-10-14(20)5-3-4-6-14/h7,9,11,20H,3-6,8,10H2,1-2H3,(H2,15,17,19). The molecular formula is C14H24N4O2. The minimum atomic E-state index is -0.723. The van der Waals surface area contributed by atoms with E-state index in [2.05, 4.69) is 29.6 Å². The first-order valence-electron chi connectivity index (χ1n) is 7.26. The van der Waals surface area contributed by atoms with Gasteiger partial charge in [-0.05, 0) is 18.8 Å². The monoisotopic (exact) mass is 280 g/mol. The molecule has 3 N–H and O–H groups in total. The van der Waals surface area contributed by atoms with E-state index in [1.165, 1.54) is 0 Å². The number of urea groups is 1. The molecule has 0 spiro atoms. The first-order chi connectivity index (χ1) is 9.47. The van der Waals surface area contributed by atoms with Crippen molar-refractivity contribution >= 4 is 11.7 Å². The predicted octanol–water partition coefficient (Wildman–Crippen LogP) is 1.97. The van der Waals surface area contributed by atoms with Crippen molar-refractivity contribution in [1.82, 2.24) is 15.1 Å². The maximum Gasteiger partial charge on any atom is 0.319 e. The zero-order valence-electron chi connectivity index (χ0n) is 12.2.